The maximum atomic E-state index is 13.1. The summed E-state index contributed by atoms with van der Waals surface area (Å²) in [5, 5.41) is 2.27. The number of nitrogens with one attached hydrogen (secondary N) is 1. The highest BCUT2D eigenvalue weighted by atomic mass is 32.2. The van der Waals surface area contributed by atoms with Gasteiger partial charge in [0.2, 0.25) is 10.0 Å². The maximum absolute atomic E-state index is 13.1. The number of anilines is 1. The van der Waals surface area contributed by atoms with Gasteiger partial charge in [0.05, 0.1) is 10.5 Å². The minimum Gasteiger partial charge on any atom is -0.452 e. The zero-order valence-electron chi connectivity index (χ0n) is 15.9. The SMILES string of the molecule is O=C(COC(=O)c1ccc(S(=O)(=O)N2CCCCC2)cc1)Nc1ccc(F)c(F)c1. The molecule has 0 saturated carbocycles. The van der Waals surface area contributed by atoms with Gasteiger partial charge in [0.1, 0.15) is 0 Å². The van der Waals surface area contributed by atoms with E-state index in [1.165, 1.54) is 34.6 Å². The van der Waals surface area contributed by atoms with Crippen LogP contribution in [-0.4, -0.2) is 44.3 Å². The van der Waals surface area contributed by atoms with Crippen molar-refractivity contribution < 1.29 is 31.5 Å². The van der Waals surface area contributed by atoms with E-state index in [0.29, 0.717) is 13.1 Å². The summed E-state index contributed by atoms with van der Waals surface area (Å²) in [6, 6.07) is 8.09. The van der Waals surface area contributed by atoms with Gasteiger partial charge in [0, 0.05) is 24.8 Å². The Morgan fingerprint density at radius 3 is 2.27 bits per heavy atom. The fraction of sp³-hybridized carbons (Fsp3) is 0.300. The second kappa shape index (κ2) is 9.31. The van der Waals surface area contributed by atoms with Crippen molar-refractivity contribution in [3.8, 4) is 0 Å². The van der Waals surface area contributed by atoms with Gasteiger partial charge in [-0.3, -0.25) is 4.79 Å². The fourth-order valence-corrected chi connectivity index (χ4v) is 4.52. The van der Waals surface area contributed by atoms with Gasteiger partial charge in [-0.25, -0.2) is 22.0 Å². The van der Waals surface area contributed by atoms with Gasteiger partial charge in [-0.15, -0.1) is 0 Å². The standard InChI is InChI=1S/C20H20F2N2O5S/c21-17-9-6-15(12-18(17)22)23-19(25)13-29-20(26)14-4-7-16(8-5-14)30(27,28)24-10-2-1-3-11-24/h4-9,12H,1-3,10-11,13H2,(H,23,25). The molecular weight excluding hydrogens is 418 g/mol. The number of benzene rings is 2. The van der Waals surface area contributed by atoms with Crippen LogP contribution in [-0.2, 0) is 19.6 Å². The normalized spacial score (nSPS) is 14.9. The average Bonchev–Trinajstić information content (AvgIpc) is 2.75. The van der Waals surface area contributed by atoms with Crippen molar-refractivity contribution in [2.24, 2.45) is 0 Å². The van der Waals surface area contributed by atoms with Crippen LogP contribution in [0, 0.1) is 11.6 Å². The van der Waals surface area contributed by atoms with E-state index in [9.17, 15) is 26.8 Å². The van der Waals surface area contributed by atoms with E-state index < -0.39 is 40.1 Å². The molecule has 1 aliphatic rings. The van der Waals surface area contributed by atoms with Gasteiger partial charge in [0.25, 0.3) is 5.91 Å². The number of hydrogen-bond acceptors (Lipinski definition) is 5. The number of carbonyl (C=O) groups excluding carboxylic acids is 2. The summed E-state index contributed by atoms with van der Waals surface area (Å²) >= 11 is 0. The molecule has 3 rings (SSSR count). The number of sulfonamides is 1. The lowest BCUT2D eigenvalue weighted by Gasteiger charge is -2.25. The summed E-state index contributed by atoms with van der Waals surface area (Å²) < 4.78 is 57.6. The van der Waals surface area contributed by atoms with E-state index in [0.717, 1.165) is 31.4 Å². The molecule has 0 atom stereocenters. The molecule has 0 radical (unpaired) electrons. The molecule has 10 heteroatoms. The van der Waals surface area contributed by atoms with E-state index in [1.54, 1.807) is 0 Å². The van der Waals surface area contributed by atoms with Crippen molar-refractivity contribution in [3.05, 3.63) is 59.7 Å². The molecule has 1 heterocycles. The Kier molecular flexibility index (Phi) is 6.78. The van der Waals surface area contributed by atoms with Crippen LogP contribution in [0.2, 0.25) is 0 Å². The van der Waals surface area contributed by atoms with E-state index in [1.807, 2.05) is 0 Å². The third-order valence-electron chi connectivity index (χ3n) is 4.58. The Hall–Kier alpha value is -2.85. The molecule has 2 aromatic carbocycles. The van der Waals surface area contributed by atoms with Gasteiger partial charge < -0.3 is 10.1 Å². The number of piperidine rings is 1. The number of carbonyl (C=O) groups is 2. The first-order chi connectivity index (χ1) is 14.3. The van der Waals surface area contributed by atoms with Crippen LogP contribution in [0.1, 0.15) is 29.6 Å². The largest absolute Gasteiger partial charge is 0.452 e. The summed E-state index contributed by atoms with van der Waals surface area (Å²) in [4.78, 5) is 24.0. The maximum Gasteiger partial charge on any atom is 0.338 e. The van der Waals surface area contributed by atoms with Crippen LogP contribution in [0.3, 0.4) is 0 Å². The molecule has 1 fully saturated rings. The predicted molar refractivity (Wildman–Crippen MR) is 104 cm³/mol. The van der Waals surface area contributed by atoms with Gasteiger partial charge >= 0.3 is 5.97 Å². The molecule has 30 heavy (non-hydrogen) atoms. The summed E-state index contributed by atoms with van der Waals surface area (Å²) in [6.07, 6.45) is 2.63. The monoisotopic (exact) mass is 438 g/mol. The fourth-order valence-electron chi connectivity index (χ4n) is 3.00. The quantitative estimate of drug-likeness (QED) is 0.700. The lowest BCUT2D eigenvalue weighted by Crippen LogP contribution is -2.35. The van der Waals surface area contributed by atoms with Crippen molar-refractivity contribution in [1.82, 2.24) is 4.31 Å². The van der Waals surface area contributed by atoms with Crippen LogP contribution >= 0.6 is 0 Å². The Morgan fingerprint density at radius 2 is 1.63 bits per heavy atom. The zero-order valence-corrected chi connectivity index (χ0v) is 16.8. The number of ether oxygens (including phenoxy) is 1. The van der Waals surface area contributed by atoms with Crippen molar-refractivity contribution in [3.63, 3.8) is 0 Å². The Labute approximate surface area is 172 Å². The Balaban J connectivity index is 1.56. The second-order valence-electron chi connectivity index (χ2n) is 6.74. The smallest absolute Gasteiger partial charge is 0.338 e. The first-order valence-electron chi connectivity index (χ1n) is 9.29. The molecule has 0 bridgehead atoms. The third kappa shape index (κ3) is 5.19. The lowest BCUT2D eigenvalue weighted by atomic mass is 10.2. The van der Waals surface area contributed by atoms with Crippen LogP contribution in [0.15, 0.2) is 47.4 Å². The average molecular weight is 438 g/mol. The van der Waals surface area contributed by atoms with Crippen LogP contribution in [0.5, 0.6) is 0 Å². The number of rotatable bonds is 6. The van der Waals surface area contributed by atoms with Crippen molar-refractivity contribution >= 4 is 27.6 Å². The number of hydrogen-bond donors (Lipinski definition) is 1. The van der Waals surface area contributed by atoms with E-state index in [4.69, 9.17) is 4.74 Å². The van der Waals surface area contributed by atoms with E-state index in [-0.39, 0.29) is 16.1 Å². The summed E-state index contributed by atoms with van der Waals surface area (Å²) in [6.45, 7) is 0.296. The molecule has 7 nitrogen and oxygen atoms in total. The molecular formula is C20H20F2N2O5S. The van der Waals surface area contributed by atoms with Gasteiger partial charge in [-0.1, -0.05) is 6.42 Å². The van der Waals surface area contributed by atoms with E-state index >= 15 is 0 Å². The Bertz CT molecular complexity index is 1040. The highest BCUT2D eigenvalue weighted by molar-refractivity contribution is 7.89. The van der Waals surface area contributed by atoms with Gasteiger partial charge in [-0.05, 0) is 49.2 Å². The molecule has 1 N–H and O–H groups in total. The van der Waals surface area contributed by atoms with Crippen LogP contribution < -0.4 is 5.32 Å². The molecule has 0 unspecified atom stereocenters. The molecule has 0 spiro atoms. The minimum absolute atomic E-state index is 0.0159. The van der Waals surface area contributed by atoms with E-state index in [2.05, 4.69) is 5.32 Å². The number of nitrogens with zero attached hydrogens (tertiary/aromatic N) is 1. The summed E-state index contributed by atoms with van der Waals surface area (Å²) in [5.41, 5.74) is 0.0930. The summed E-state index contributed by atoms with van der Waals surface area (Å²) in [5.74, 6) is -3.73. The third-order valence-corrected chi connectivity index (χ3v) is 6.49. The molecule has 0 aliphatic carbocycles. The molecule has 160 valence electrons. The molecule has 0 aromatic heterocycles. The number of esters is 1. The molecule has 2 aromatic rings. The molecule has 1 amide bonds. The molecule has 1 saturated heterocycles. The summed E-state index contributed by atoms with van der Waals surface area (Å²) in [7, 11) is -3.61. The highest BCUT2D eigenvalue weighted by Crippen LogP contribution is 2.21. The van der Waals surface area contributed by atoms with Crippen LogP contribution in [0.4, 0.5) is 14.5 Å². The predicted octanol–water partition coefficient (Wildman–Crippen LogP) is 2.93. The highest BCUT2D eigenvalue weighted by Gasteiger charge is 2.26. The second-order valence-corrected chi connectivity index (χ2v) is 8.68. The van der Waals surface area contributed by atoms with Crippen molar-refractivity contribution in [2.45, 2.75) is 24.2 Å². The number of halogens is 2. The minimum atomic E-state index is -3.61. The Morgan fingerprint density at radius 1 is 0.967 bits per heavy atom. The molecule has 1 aliphatic heterocycles. The van der Waals surface area contributed by atoms with Crippen molar-refractivity contribution in [1.29, 1.82) is 0 Å². The first kappa shape index (κ1) is 21.8. The van der Waals surface area contributed by atoms with Crippen molar-refractivity contribution in [2.75, 3.05) is 25.0 Å². The first-order valence-corrected chi connectivity index (χ1v) is 10.7. The van der Waals surface area contributed by atoms with Gasteiger partial charge in [0.15, 0.2) is 18.2 Å². The lowest BCUT2D eigenvalue weighted by molar-refractivity contribution is -0.119. The zero-order chi connectivity index (χ0) is 21.7. The number of amides is 1. The topological polar surface area (TPSA) is 92.8 Å². The van der Waals surface area contributed by atoms with Crippen LogP contribution in [0.25, 0.3) is 0 Å². The van der Waals surface area contributed by atoms with Gasteiger partial charge in [-0.2, -0.15) is 4.31 Å².